The highest BCUT2D eigenvalue weighted by molar-refractivity contribution is 6.10. The minimum absolute atomic E-state index is 0.0872. The van der Waals surface area contributed by atoms with Gasteiger partial charge in [0.25, 0.3) is 5.91 Å². The van der Waals surface area contributed by atoms with Crippen molar-refractivity contribution in [3.05, 3.63) is 107 Å². The number of benzene rings is 4. The number of anilines is 2. The number of hydrogen-bond acceptors (Lipinski definition) is 5. The van der Waals surface area contributed by atoms with Crippen molar-refractivity contribution in [3.8, 4) is 0 Å². The number of methoxy groups -OCH3 is 1. The molecule has 8 heteroatoms. The molecule has 3 N–H and O–H groups in total. The molecule has 0 heterocycles. The zero-order valence-electron chi connectivity index (χ0n) is 23.0. The first-order valence-corrected chi connectivity index (χ1v) is 12.9. The van der Waals surface area contributed by atoms with Crippen LogP contribution in [0.25, 0.3) is 10.8 Å². The summed E-state index contributed by atoms with van der Waals surface area (Å²) in [6.45, 7) is 6.04. The molecule has 0 spiro atoms. The lowest BCUT2D eigenvalue weighted by Gasteiger charge is -2.19. The van der Waals surface area contributed by atoms with Gasteiger partial charge in [-0.3, -0.25) is 4.79 Å². The summed E-state index contributed by atoms with van der Waals surface area (Å²) in [6, 6.07) is 22.9. The maximum absolute atomic E-state index is 13.5. The molecule has 4 aromatic rings. The second kappa shape index (κ2) is 12.9. The Kier molecular flexibility index (Phi) is 9.14. The molecule has 0 bridgehead atoms. The van der Waals surface area contributed by atoms with E-state index in [1.165, 1.54) is 7.11 Å². The molecule has 1 atom stereocenters. The summed E-state index contributed by atoms with van der Waals surface area (Å²) in [4.78, 5) is 39.1. The Morgan fingerprint density at radius 2 is 1.43 bits per heavy atom. The number of ether oxygens (including phenoxy) is 2. The van der Waals surface area contributed by atoms with E-state index in [-0.39, 0.29) is 18.8 Å². The second-order valence-electron chi connectivity index (χ2n) is 9.65. The van der Waals surface area contributed by atoms with E-state index in [4.69, 9.17) is 9.47 Å². The van der Waals surface area contributed by atoms with Crippen molar-refractivity contribution in [3.63, 3.8) is 0 Å². The standard InChI is InChI=1S/C32H33N3O5/c1-20-14-21(2)29(22(3)15-20)35-32(38)34-27-17-25-13-9-8-12-24(25)16-26(27)30(36)33-28(31(37)39-4)19-40-18-23-10-6-5-7-11-23/h5-17,28H,18-19H2,1-4H3,(H,33,36)(H2,34,35,38)/t28-/m0/s1. The van der Waals surface area contributed by atoms with Crippen LogP contribution < -0.4 is 16.0 Å². The third kappa shape index (κ3) is 7.03. The van der Waals surface area contributed by atoms with Crippen molar-refractivity contribution >= 4 is 40.1 Å². The lowest BCUT2D eigenvalue weighted by Crippen LogP contribution is -2.45. The molecular weight excluding hydrogens is 506 g/mol. The number of hydrogen-bond donors (Lipinski definition) is 3. The SMILES string of the molecule is COC(=O)[C@H](COCc1ccccc1)NC(=O)c1cc2ccccc2cc1NC(=O)Nc1c(C)cc(C)cc1C. The lowest BCUT2D eigenvalue weighted by molar-refractivity contribution is -0.144. The minimum Gasteiger partial charge on any atom is -0.467 e. The maximum atomic E-state index is 13.5. The molecule has 0 saturated carbocycles. The molecule has 0 radical (unpaired) electrons. The van der Waals surface area contributed by atoms with Crippen molar-refractivity contribution < 1.29 is 23.9 Å². The van der Waals surface area contributed by atoms with E-state index in [9.17, 15) is 14.4 Å². The molecule has 0 aromatic heterocycles. The molecule has 40 heavy (non-hydrogen) atoms. The second-order valence-corrected chi connectivity index (χ2v) is 9.65. The van der Waals surface area contributed by atoms with Gasteiger partial charge < -0.3 is 25.4 Å². The van der Waals surface area contributed by atoms with E-state index in [1.54, 1.807) is 12.1 Å². The number of aryl methyl sites for hydroxylation is 3. The van der Waals surface area contributed by atoms with Crippen LogP contribution in [0.3, 0.4) is 0 Å². The average Bonchev–Trinajstić information content (AvgIpc) is 2.94. The van der Waals surface area contributed by atoms with Crippen LogP contribution in [0.1, 0.15) is 32.6 Å². The van der Waals surface area contributed by atoms with Gasteiger partial charge in [-0.05, 0) is 60.4 Å². The number of rotatable bonds is 9. The summed E-state index contributed by atoms with van der Waals surface area (Å²) >= 11 is 0. The Hall–Kier alpha value is -4.69. The van der Waals surface area contributed by atoms with E-state index in [0.29, 0.717) is 11.4 Å². The molecule has 3 amide bonds. The van der Waals surface area contributed by atoms with E-state index in [2.05, 4.69) is 16.0 Å². The van der Waals surface area contributed by atoms with Crippen LogP contribution in [-0.2, 0) is 20.9 Å². The Morgan fingerprint density at radius 1 is 0.800 bits per heavy atom. The van der Waals surface area contributed by atoms with Crippen LogP contribution in [0, 0.1) is 20.8 Å². The largest absolute Gasteiger partial charge is 0.467 e. The summed E-state index contributed by atoms with van der Waals surface area (Å²) in [5.41, 5.74) is 5.09. The van der Waals surface area contributed by atoms with Crippen molar-refractivity contribution in [1.82, 2.24) is 5.32 Å². The summed E-state index contributed by atoms with van der Waals surface area (Å²) in [5.74, 6) is -1.19. The van der Waals surface area contributed by atoms with Gasteiger partial charge in [0.15, 0.2) is 6.04 Å². The van der Waals surface area contributed by atoms with Crippen molar-refractivity contribution in [2.24, 2.45) is 0 Å². The fourth-order valence-electron chi connectivity index (χ4n) is 4.59. The highest BCUT2D eigenvalue weighted by atomic mass is 16.5. The normalized spacial score (nSPS) is 11.5. The van der Waals surface area contributed by atoms with Gasteiger partial charge in [0.2, 0.25) is 0 Å². The molecule has 0 unspecified atom stereocenters. The topological polar surface area (TPSA) is 106 Å². The van der Waals surface area contributed by atoms with Gasteiger partial charge in [-0.15, -0.1) is 0 Å². The van der Waals surface area contributed by atoms with Crippen molar-refractivity contribution in [2.45, 2.75) is 33.4 Å². The van der Waals surface area contributed by atoms with Gasteiger partial charge in [0.05, 0.1) is 31.6 Å². The van der Waals surface area contributed by atoms with Gasteiger partial charge in [-0.25, -0.2) is 9.59 Å². The highest BCUT2D eigenvalue weighted by Crippen LogP contribution is 2.26. The smallest absolute Gasteiger partial charge is 0.330 e. The highest BCUT2D eigenvalue weighted by Gasteiger charge is 2.25. The van der Waals surface area contributed by atoms with Crippen LogP contribution in [0.2, 0.25) is 0 Å². The first kappa shape index (κ1) is 28.3. The number of carbonyl (C=O) groups excluding carboxylic acids is 3. The number of carbonyl (C=O) groups is 3. The van der Waals surface area contributed by atoms with Crippen LogP contribution in [0.15, 0.2) is 78.9 Å². The number of fused-ring (bicyclic) bond motifs is 1. The Bertz CT molecular complexity index is 1510. The van der Waals surface area contributed by atoms with Gasteiger partial charge in [0.1, 0.15) is 0 Å². The van der Waals surface area contributed by atoms with Crippen LogP contribution >= 0.6 is 0 Å². The minimum atomic E-state index is -1.05. The van der Waals surface area contributed by atoms with Crippen LogP contribution in [0.4, 0.5) is 16.2 Å². The molecule has 206 valence electrons. The number of urea groups is 1. The van der Waals surface area contributed by atoms with Gasteiger partial charge >= 0.3 is 12.0 Å². The van der Waals surface area contributed by atoms with Gasteiger partial charge in [0, 0.05) is 5.69 Å². The molecule has 0 aliphatic rings. The fourth-order valence-corrected chi connectivity index (χ4v) is 4.59. The molecule has 8 nitrogen and oxygen atoms in total. The van der Waals surface area contributed by atoms with Gasteiger partial charge in [-0.1, -0.05) is 72.3 Å². The molecular formula is C32H33N3O5. The molecule has 0 saturated heterocycles. The summed E-state index contributed by atoms with van der Waals surface area (Å²) in [7, 11) is 1.25. The quantitative estimate of drug-likeness (QED) is 0.230. The fraction of sp³-hybridized carbons (Fsp3) is 0.219. The van der Waals surface area contributed by atoms with Crippen LogP contribution in [-0.4, -0.2) is 37.7 Å². The average molecular weight is 540 g/mol. The zero-order chi connectivity index (χ0) is 28.6. The van der Waals surface area contributed by atoms with E-state index >= 15 is 0 Å². The molecule has 0 aliphatic heterocycles. The summed E-state index contributed by atoms with van der Waals surface area (Å²) < 4.78 is 10.6. The maximum Gasteiger partial charge on any atom is 0.330 e. The predicted octanol–water partition coefficient (Wildman–Crippen LogP) is 5.90. The number of amides is 3. The van der Waals surface area contributed by atoms with E-state index < -0.39 is 23.9 Å². The molecule has 0 fully saturated rings. The first-order chi connectivity index (χ1) is 19.2. The van der Waals surface area contributed by atoms with E-state index in [1.807, 2.05) is 87.5 Å². The van der Waals surface area contributed by atoms with Crippen LogP contribution in [0.5, 0.6) is 0 Å². The van der Waals surface area contributed by atoms with E-state index in [0.717, 1.165) is 33.0 Å². The van der Waals surface area contributed by atoms with Crippen molar-refractivity contribution in [2.75, 3.05) is 24.4 Å². The zero-order valence-corrected chi connectivity index (χ0v) is 23.0. The number of esters is 1. The predicted molar refractivity (Wildman–Crippen MR) is 157 cm³/mol. The monoisotopic (exact) mass is 539 g/mol. The third-order valence-electron chi connectivity index (χ3n) is 6.48. The summed E-state index contributed by atoms with van der Waals surface area (Å²) in [5, 5.41) is 10.1. The Morgan fingerprint density at radius 3 is 2.08 bits per heavy atom. The van der Waals surface area contributed by atoms with Gasteiger partial charge in [-0.2, -0.15) is 0 Å². The third-order valence-corrected chi connectivity index (χ3v) is 6.48. The Balaban J connectivity index is 1.56. The lowest BCUT2D eigenvalue weighted by atomic mass is 10.0. The number of nitrogens with one attached hydrogen (secondary N) is 3. The molecule has 4 aromatic carbocycles. The van der Waals surface area contributed by atoms with Crippen molar-refractivity contribution in [1.29, 1.82) is 0 Å². The Labute approximate surface area is 233 Å². The molecule has 4 rings (SSSR count). The first-order valence-electron chi connectivity index (χ1n) is 12.9. The summed E-state index contributed by atoms with van der Waals surface area (Å²) in [6.07, 6.45) is 0. The molecule has 0 aliphatic carbocycles.